The Kier molecular flexibility index (Phi) is 2.94. The summed E-state index contributed by atoms with van der Waals surface area (Å²) in [6.45, 7) is 4.53. The molecule has 3 rings (SSSR count). The summed E-state index contributed by atoms with van der Waals surface area (Å²) in [5.41, 5.74) is 0.817. The fourth-order valence-electron chi connectivity index (χ4n) is 3.23. The molecule has 0 radical (unpaired) electrons. The topological polar surface area (TPSA) is 29.5 Å². The van der Waals surface area contributed by atoms with Crippen LogP contribution in [0, 0.1) is 11.8 Å². The zero-order valence-electron chi connectivity index (χ0n) is 10.8. The Morgan fingerprint density at radius 1 is 1.33 bits per heavy atom. The standard InChI is InChI=1S/C15H19BrO2/c1-9(2)10-6-15(7-10)8-13(17)12-5-11(16)3-4-14(12)18-15/h3-5,9-10,13,17H,6-8H2,1-2H3/t10?,13-,15?/m0/s1. The van der Waals surface area contributed by atoms with Gasteiger partial charge in [0.05, 0.1) is 6.10 Å². The van der Waals surface area contributed by atoms with Crippen LogP contribution in [0.3, 0.4) is 0 Å². The molecular formula is C15H19BrO2. The fourth-order valence-corrected chi connectivity index (χ4v) is 3.61. The summed E-state index contributed by atoms with van der Waals surface area (Å²) in [4.78, 5) is 0. The third-order valence-electron chi connectivity index (χ3n) is 4.43. The van der Waals surface area contributed by atoms with Gasteiger partial charge in [-0.2, -0.15) is 0 Å². The van der Waals surface area contributed by atoms with E-state index in [0.717, 1.165) is 41.0 Å². The fraction of sp³-hybridized carbons (Fsp3) is 0.600. The Balaban J connectivity index is 1.83. The first-order valence-corrected chi connectivity index (χ1v) is 7.45. The van der Waals surface area contributed by atoms with Gasteiger partial charge in [0.25, 0.3) is 0 Å². The lowest BCUT2D eigenvalue weighted by Gasteiger charge is -2.52. The lowest BCUT2D eigenvalue weighted by molar-refractivity contribution is -0.108. The molecule has 1 atom stereocenters. The maximum Gasteiger partial charge on any atom is 0.126 e. The van der Waals surface area contributed by atoms with Crippen LogP contribution in [0.2, 0.25) is 0 Å². The molecule has 1 N–H and O–H groups in total. The average molecular weight is 311 g/mol. The van der Waals surface area contributed by atoms with Gasteiger partial charge in [0.2, 0.25) is 0 Å². The number of hydrogen-bond acceptors (Lipinski definition) is 2. The number of aliphatic hydroxyl groups excluding tert-OH is 1. The number of benzene rings is 1. The minimum Gasteiger partial charge on any atom is -0.487 e. The maximum atomic E-state index is 10.3. The van der Waals surface area contributed by atoms with Crippen molar-refractivity contribution >= 4 is 15.9 Å². The Bertz CT molecular complexity index is 464. The van der Waals surface area contributed by atoms with Gasteiger partial charge in [0, 0.05) is 16.5 Å². The Morgan fingerprint density at radius 2 is 2.06 bits per heavy atom. The Labute approximate surface area is 116 Å². The molecule has 0 bridgehead atoms. The number of hydrogen-bond donors (Lipinski definition) is 1. The number of halogens is 1. The van der Waals surface area contributed by atoms with Gasteiger partial charge in [-0.25, -0.2) is 0 Å². The molecule has 1 fully saturated rings. The first-order valence-electron chi connectivity index (χ1n) is 6.66. The highest BCUT2D eigenvalue weighted by atomic mass is 79.9. The predicted molar refractivity (Wildman–Crippen MR) is 74.6 cm³/mol. The molecule has 0 unspecified atom stereocenters. The Morgan fingerprint density at radius 3 is 2.72 bits per heavy atom. The molecule has 3 heteroatoms. The first kappa shape index (κ1) is 12.5. The smallest absolute Gasteiger partial charge is 0.126 e. The van der Waals surface area contributed by atoms with Gasteiger partial charge in [-0.3, -0.25) is 0 Å². The van der Waals surface area contributed by atoms with Crippen molar-refractivity contribution in [2.24, 2.45) is 11.8 Å². The summed E-state index contributed by atoms with van der Waals surface area (Å²) in [5, 5.41) is 10.3. The highest BCUT2D eigenvalue weighted by Gasteiger charge is 2.51. The molecule has 0 amide bonds. The Hall–Kier alpha value is -0.540. The van der Waals surface area contributed by atoms with E-state index >= 15 is 0 Å². The van der Waals surface area contributed by atoms with Crippen LogP contribution in [0.4, 0.5) is 0 Å². The molecule has 98 valence electrons. The molecule has 0 aromatic heterocycles. The van der Waals surface area contributed by atoms with Gasteiger partial charge in [-0.1, -0.05) is 29.8 Å². The third kappa shape index (κ3) is 1.97. The van der Waals surface area contributed by atoms with Gasteiger partial charge >= 0.3 is 0 Å². The zero-order chi connectivity index (χ0) is 12.9. The lowest BCUT2D eigenvalue weighted by Crippen LogP contribution is -2.53. The van der Waals surface area contributed by atoms with Crippen LogP contribution >= 0.6 is 15.9 Å². The number of rotatable bonds is 1. The van der Waals surface area contributed by atoms with Crippen molar-refractivity contribution in [1.29, 1.82) is 0 Å². The number of ether oxygens (including phenoxy) is 1. The molecule has 2 nitrogen and oxygen atoms in total. The zero-order valence-corrected chi connectivity index (χ0v) is 12.4. The van der Waals surface area contributed by atoms with E-state index in [4.69, 9.17) is 4.74 Å². The van der Waals surface area contributed by atoms with Crippen LogP contribution in [0.15, 0.2) is 22.7 Å². The minimum atomic E-state index is -0.389. The van der Waals surface area contributed by atoms with Crippen molar-refractivity contribution < 1.29 is 9.84 Å². The van der Waals surface area contributed by atoms with E-state index in [-0.39, 0.29) is 11.7 Å². The van der Waals surface area contributed by atoms with E-state index in [1.807, 2.05) is 18.2 Å². The molecular weight excluding hydrogens is 292 g/mol. The molecule has 2 aliphatic rings. The molecule has 1 aromatic carbocycles. The van der Waals surface area contributed by atoms with Crippen molar-refractivity contribution in [3.63, 3.8) is 0 Å². The molecule has 0 saturated heterocycles. The van der Waals surface area contributed by atoms with Gasteiger partial charge in [-0.05, 0) is 42.9 Å². The molecule has 1 aromatic rings. The van der Waals surface area contributed by atoms with E-state index < -0.39 is 0 Å². The van der Waals surface area contributed by atoms with Crippen molar-refractivity contribution in [3.05, 3.63) is 28.2 Å². The first-order chi connectivity index (χ1) is 8.49. The van der Waals surface area contributed by atoms with E-state index in [9.17, 15) is 5.11 Å². The highest BCUT2D eigenvalue weighted by molar-refractivity contribution is 9.10. The average Bonchev–Trinajstić information content (AvgIpc) is 2.26. The second kappa shape index (κ2) is 4.24. The summed E-state index contributed by atoms with van der Waals surface area (Å²) in [7, 11) is 0. The van der Waals surface area contributed by atoms with E-state index in [0.29, 0.717) is 5.92 Å². The normalized spacial score (nSPS) is 34.1. The van der Waals surface area contributed by atoms with Gasteiger partial charge in [0.15, 0.2) is 0 Å². The van der Waals surface area contributed by atoms with Crippen molar-refractivity contribution in [3.8, 4) is 5.75 Å². The van der Waals surface area contributed by atoms with E-state index in [2.05, 4.69) is 29.8 Å². The highest BCUT2D eigenvalue weighted by Crippen LogP contribution is 2.53. The molecule has 18 heavy (non-hydrogen) atoms. The third-order valence-corrected chi connectivity index (χ3v) is 4.93. The molecule has 1 aliphatic carbocycles. The van der Waals surface area contributed by atoms with Crippen molar-refractivity contribution in [1.82, 2.24) is 0 Å². The van der Waals surface area contributed by atoms with Crippen LogP contribution in [-0.2, 0) is 0 Å². The largest absolute Gasteiger partial charge is 0.487 e. The molecule has 1 heterocycles. The van der Waals surface area contributed by atoms with Crippen LogP contribution in [0.1, 0.15) is 44.8 Å². The quantitative estimate of drug-likeness (QED) is 0.847. The summed E-state index contributed by atoms with van der Waals surface area (Å²) < 4.78 is 7.17. The van der Waals surface area contributed by atoms with Gasteiger partial charge in [-0.15, -0.1) is 0 Å². The number of fused-ring (bicyclic) bond motifs is 1. The predicted octanol–water partition coefficient (Wildman–Crippen LogP) is 4.07. The molecule has 1 spiro atoms. The second-order valence-electron chi connectivity index (χ2n) is 6.10. The molecule has 1 saturated carbocycles. The van der Waals surface area contributed by atoms with Crippen LogP contribution in [-0.4, -0.2) is 10.7 Å². The maximum absolute atomic E-state index is 10.3. The van der Waals surface area contributed by atoms with Gasteiger partial charge in [0.1, 0.15) is 11.4 Å². The minimum absolute atomic E-state index is 0.102. The summed E-state index contributed by atoms with van der Waals surface area (Å²) in [5.74, 6) is 2.32. The van der Waals surface area contributed by atoms with Crippen LogP contribution in [0.25, 0.3) is 0 Å². The number of aliphatic hydroxyl groups is 1. The molecule has 1 aliphatic heterocycles. The SMILES string of the molecule is CC(C)C1CC2(C1)C[C@H](O)c1cc(Br)ccc1O2. The van der Waals surface area contributed by atoms with Crippen LogP contribution < -0.4 is 4.74 Å². The summed E-state index contributed by atoms with van der Waals surface area (Å²) >= 11 is 3.44. The van der Waals surface area contributed by atoms with E-state index in [1.54, 1.807) is 0 Å². The summed E-state index contributed by atoms with van der Waals surface area (Å²) in [6, 6.07) is 5.90. The second-order valence-corrected chi connectivity index (χ2v) is 7.02. The van der Waals surface area contributed by atoms with Crippen molar-refractivity contribution in [2.45, 2.75) is 44.8 Å². The monoisotopic (exact) mass is 310 g/mol. The lowest BCUT2D eigenvalue weighted by atomic mass is 9.63. The van der Waals surface area contributed by atoms with Gasteiger partial charge < -0.3 is 9.84 Å². The summed E-state index contributed by atoms with van der Waals surface area (Å²) in [6.07, 6.45) is 2.51. The van der Waals surface area contributed by atoms with Crippen LogP contribution in [0.5, 0.6) is 5.75 Å². The van der Waals surface area contributed by atoms with E-state index in [1.165, 1.54) is 0 Å². The van der Waals surface area contributed by atoms with Crippen molar-refractivity contribution in [2.75, 3.05) is 0 Å².